The first kappa shape index (κ1) is 14.1. The van der Waals surface area contributed by atoms with E-state index in [1.165, 1.54) is 50.6 Å². The van der Waals surface area contributed by atoms with Gasteiger partial charge in [0, 0.05) is 24.4 Å². The van der Waals surface area contributed by atoms with Crippen LogP contribution >= 0.6 is 0 Å². The molecule has 0 aromatic carbocycles. The van der Waals surface area contributed by atoms with E-state index in [1.54, 1.807) is 0 Å². The molecule has 1 aromatic heterocycles. The molecular formula is C16H27N3O. The second kappa shape index (κ2) is 7.23. The Balaban J connectivity index is 1.48. The van der Waals surface area contributed by atoms with Crippen molar-refractivity contribution in [3.63, 3.8) is 0 Å². The molecule has 1 aliphatic carbocycles. The van der Waals surface area contributed by atoms with Crippen molar-refractivity contribution in [2.45, 2.75) is 63.5 Å². The van der Waals surface area contributed by atoms with Crippen LogP contribution in [-0.2, 0) is 11.3 Å². The molecule has 1 saturated carbocycles. The smallest absolute Gasteiger partial charge is 0.0949 e. The summed E-state index contributed by atoms with van der Waals surface area (Å²) >= 11 is 0. The maximum absolute atomic E-state index is 6.04. The van der Waals surface area contributed by atoms with Crippen molar-refractivity contribution in [1.29, 1.82) is 0 Å². The van der Waals surface area contributed by atoms with E-state index in [2.05, 4.69) is 21.1 Å². The first-order chi connectivity index (χ1) is 9.93. The molecule has 112 valence electrons. The van der Waals surface area contributed by atoms with E-state index >= 15 is 0 Å². The molecule has 1 aromatic rings. The fourth-order valence-corrected chi connectivity index (χ4v) is 3.52. The molecule has 0 radical (unpaired) electrons. The van der Waals surface area contributed by atoms with E-state index in [0.29, 0.717) is 12.0 Å². The molecule has 2 fully saturated rings. The molecule has 3 rings (SSSR count). The normalized spacial score (nSPS) is 22.2. The van der Waals surface area contributed by atoms with Gasteiger partial charge in [-0.25, -0.2) is 4.98 Å². The summed E-state index contributed by atoms with van der Waals surface area (Å²) in [4.78, 5) is 4.35. The standard InChI is InChI=1S/C16H27N3O/c1-2-4-15(5-3-1)20-11-10-19-13-18-12-16(19)14-6-8-17-9-7-14/h12-15,17H,1-11H2. The highest BCUT2D eigenvalue weighted by Crippen LogP contribution is 2.25. The van der Waals surface area contributed by atoms with Crippen LogP contribution in [0.4, 0.5) is 0 Å². The molecule has 0 unspecified atom stereocenters. The van der Waals surface area contributed by atoms with Crippen molar-refractivity contribution in [1.82, 2.24) is 14.9 Å². The number of nitrogens with zero attached hydrogens (tertiary/aromatic N) is 2. The predicted octanol–water partition coefficient (Wildman–Crippen LogP) is 2.70. The van der Waals surface area contributed by atoms with Crippen LogP contribution in [-0.4, -0.2) is 35.4 Å². The maximum atomic E-state index is 6.04. The number of rotatable bonds is 5. The number of ether oxygens (including phenoxy) is 1. The summed E-state index contributed by atoms with van der Waals surface area (Å²) in [7, 11) is 0. The van der Waals surface area contributed by atoms with Gasteiger partial charge in [0.25, 0.3) is 0 Å². The first-order valence-corrected chi connectivity index (χ1v) is 8.26. The molecule has 4 nitrogen and oxygen atoms in total. The minimum absolute atomic E-state index is 0.509. The summed E-state index contributed by atoms with van der Waals surface area (Å²) in [5, 5.41) is 3.43. The Morgan fingerprint density at radius 1 is 1.15 bits per heavy atom. The van der Waals surface area contributed by atoms with E-state index in [0.717, 1.165) is 26.2 Å². The Bertz CT molecular complexity index is 392. The zero-order valence-electron chi connectivity index (χ0n) is 12.4. The fourth-order valence-electron chi connectivity index (χ4n) is 3.52. The Hall–Kier alpha value is -0.870. The number of nitrogens with one attached hydrogen (secondary N) is 1. The van der Waals surface area contributed by atoms with Gasteiger partial charge in [0.2, 0.25) is 0 Å². The largest absolute Gasteiger partial charge is 0.376 e. The maximum Gasteiger partial charge on any atom is 0.0949 e. The minimum Gasteiger partial charge on any atom is -0.376 e. The van der Waals surface area contributed by atoms with Gasteiger partial charge in [0.05, 0.1) is 19.0 Å². The summed E-state index contributed by atoms with van der Waals surface area (Å²) in [5.74, 6) is 0.674. The van der Waals surface area contributed by atoms with Crippen LogP contribution in [0.2, 0.25) is 0 Å². The second-order valence-corrected chi connectivity index (χ2v) is 6.17. The van der Waals surface area contributed by atoms with Crippen molar-refractivity contribution in [3.8, 4) is 0 Å². The highest BCUT2D eigenvalue weighted by molar-refractivity contribution is 5.07. The molecule has 20 heavy (non-hydrogen) atoms. The SMILES string of the molecule is c1ncn(CCOC2CCCCC2)c1C1CCNCC1. The zero-order chi connectivity index (χ0) is 13.6. The van der Waals surface area contributed by atoms with Gasteiger partial charge in [-0.15, -0.1) is 0 Å². The Kier molecular flexibility index (Phi) is 5.09. The van der Waals surface area contributed by atoms with Crippen molar-refractivity contribution < 1.29 is 4.74 Å². The van der Waals surface area contributed by atoms with Gasteiger partial charge in [-0.3, -0.25) is 0 Å². The number of aromatic nitrogens is 2. The Labute approximate surface area is 121 Å². The highest BCUT2D eigenvalue weighted by atomic mass is 16.5. The number of imidazole rings is 1. The van der Waals surface area contributed by atoms with Crippen LogP contribution in [0, 0.1) is 0 Å². The molecule has 2 aliphatic rings. The lowest BCUT2D eigenvalue weighted by Gasteiger charge is -2.25. The second-order valence-electron chi connectivity index (χ2n) is 6.17. The first-order valence-electron chi connectivity index (χ1n) is 8.26. The van der Waals surface area contributed by atoms with Crippen molar-refractivity contribution in [2.24, 2.45) is 0 Å². The molecule has 1 N–H and O–H groups in total. The minimum atomic E-state index is 0.509. The third kappa shape index (κ3) is 3.61. The summed E-state index contributed by atoms with van der Waals surface area (Å²) < 4.78 is 8.34. The quantitative estimate of drug-likeness (QED) is 0.899. The molecule has 0 atom stereocenters. The van der Waals surface area contributed by atoms with Crippen molar-refractivity contribution in [3.05, 3.63) is 18.2 Å². The van der Waals surface area contributed by atoms with E-state index in [1.807, 2.05) is 6.33 Å². The van der Waals surface area contributed by atoms with E-state index in [9.17, 15) is 0 Å². The highest BCUT2D eigenvalue weighted by Gasteiger charge is 2.19. The van der Waals surface area contributed by atoms with Gasteiger partial charge < -0.3 is 14.6 Å². The topological polar surface area (TPSA) is 39.1 Å². The summed E-state index contributed by atoms with van der Waals surface area (Å²) in [5.41, 5.74) is 1.40. The van der Waals surface area contributed by atoms with Crippen LogP contribution < -0.4 is 5.32 Å². The Morgan fingerprint density at radius 3 is 2.75 bits per heavy atom. The van der Waals surface area contributed by atoms with Crippen LogP contribution in [0.1, 0.15) is 56.6 Å². The van der Waals surface area contributed by atoms with Gasteiger partial charge in [0.1, 0.15) is 0 Å². The molecular weight excluding hydrogens is 250 g/mol. The lowest BCUT2D eigenvalue weighted by atomic mass is 9.95. The monoisotopic (exact) mass is 277 g/mol. The van der Waals surface area contributed by atoms with Gasteiger partial charge in [0.15, 0.2) is 0 Å². The Morgan fingerprint density at radius 2 is 1.95 bits per heavy atom. The lowest BCUT2D eigenvalue weighted by Crippen LogP contribution is -2.28. The molecule has 4 heteroatoms. The zero-order valence-corrected chi connectivity index (χ0v) is 12.4. The molecule has 0 amide bonds. The summed E-state index contributed by atoms with van der Waals surface area (Å²) in [6.45, 7) is 4.05. The predicted molar refractivity (Wildman–Crippen MR) is 79.9 cm³/mol. The van der Waals surface area contributed by atoms with Crippen molar-refractivity contribution in [2.75, 3.05) is 19.7 Å². The molecule has 1 aliphatic heterocycles. The van der Waals surface area contributed by atoms with E-state index < -0.39 is 0 Å². The van der Waals surface area contributed by atoms with E-state index in [-0.39, 0.29) is 0 Å². The van der Waals surface area contributed by atoms with Crippen molar-refractivity contribution >= 4 is 0 Å². The van der Waals surface area contributed by atoms with Gasteiger partial charge in [-0.1, -0.05) is 19.3 Å². The fraction of sp³-hybridized carbons (Fsp3) is 0.812. The molecule has 0 spiro atoms. The molecule has 1 saturated heterocycles. The summed E-state index contributed by atoms with van der Waals surface area (Å²) in [6, 6.07) is 0. The average molecular weight is 277 g/mol. The number of hydrogen-bond donors (Lipinski definition) is 1. The molecule has 0 bridgehead atoms. The van der Waals surface area contributed by atoms with E-state index in [4.69, 9.17) is 4.74 Å². The molecule has 2 heterocycles. The van der Waals surface area contributed by atoms with Gasteiger partial charge in [-0.05, 0) is 38.8 Å². The number of piperidine rings is 1. The third-order valence-electron chi connectivity index (χ3n) is 4.74. The van der Waals surface area contributed by atoms with Crippen LogP contribution in [0.25, 0.3) is 0 Å². The number of hydrogen-bond acceptors (Lipinski definition) is 3. The lowest BCUT2D eigenvalue weighted by molar-refractivity contribution is 0.0237. The van der Waals surface area contributed by atoms with Crippen LogP contribution in [0.5, 0.6) is 0 Å². The third-order valence-corrected chi connectivity index (χ3v) is 4.74. The van der Waals surface area contributed by atoms with Crippen LogP contribution in [0.3, 0.4) is 0 Å². The summed E-state index contributed by atoms with van der Waals surface area (Å²) in [6.07, 6.45) is 13.6. The average Bonchev–Trinajstić information content (AvgIpc) is 2.98. The van der Waals surface area contributed by atoms with Crippen LogP contribution in [0.15, 0.2) is 12.5 Å². The van der Waals surface area contributed by atoms with Gasteiger partial charge >= 0.3 is 0 Å². The van der Waals surface area contributed by atoms with Gasteiger partial charge in [-0.2, -0.15) is 0 Å².